The fourth-order valence-electron chi connectivity index (χ4n) is 2.38. The van der Waals surface area contributed by atoms with Crippen LogP contribution in [0.5, 0.6) is 0 Å². The van der Waals surface area contributed by atoms with Crippen LogP contribution >= 0.6 is 0 Å². The highest BCUT2D eigenvalue weighted by Crippen LogP contribution is 2.22. The second-order valence-corrected chi connectivity index (χ2v) is 6.79. The average molecular weight is 297 g/mol. The zero-order chi connectivity index (χ0) is 14.9. The third-order valence-corrected chi connectivity index (χ3v) is 4.67. The topological polar surface area (TPSA) is 101 Å². The van der Waals surface area contributed by atoms with Gasteiger partial charge in [0.1, 0.15) is 0 Å². The zero-order valence-corrected chi connectivity index (χ0v) is 12.3. The summed E-state index contributed by atoms with van der Waals surface area (Å²) in [6, 6.07) is 4.70. The monoisotopic (exact) mass is 297 g/mol. The van der Waals surface area contributed by atoms with E-state index >= 15 is 0 Å². The molecule has 4 N–H and O–H groups in total. The van der Waals surface area contributed by atoms with Gasteiger partial charge in [0.15, 0.2) is 0 Å². The molecule has 1 aromatic carbocycles. The van der Waals surface area contributed by atoms with E-state index in [4.69, 9.17) is 5.14 Å². The van der Waals surface area contributed by atoms with E-state index in [1.54, 1.807) is 19.1 Å². The number of carbonyl (C=O) groups is 1. The Morgan fingerprint density at radius 2 is 2.10 bits per heavy atom. The molecule has 1 saturated heterocycles. The van der Waals surface area contributed by atoms with Gasteiger partial charge in [-0.05, 0) is 37.1 Å². The van der Waals surface area contributed by atoms with E-state index < -0.39 is 10.0 Å². The second kappa shape index (κ2) is 5.51. The molecule has 1 amide bonds. The van der Waals surface area contributed by atoms with Crippen molar-refractivity contribution in [2.75, 3.05) is 18.4 Å². The van der Waals surface area contributed by atoms with Crippen LogP contribution < -0.4 is 15.8 Å². The Kier molecular flexibility index (Phi) is 4.12. The Morgan fingerprint density at radius 3 is 2.65 bits per heavy atom. The number of anilines is 1. The molecule has 0 radical (unpaired) electrons. The third-order valence-electron chi connectivity index (χ3n) is 3.62. The van der Waals surface area contributed by atoms with Crippen LogP contribution in [0.15, 0.2) is 23.1 Å². The van der Waals surface area contributed by atoms with Crippen molar-refractivity contribution in [1.82, 2.24) is 5.32 Å². The number of benzene rings is 1. The first-order valence-electron chi connectivity index (χ1n) is 6.44. The maximum atomic E-state index is 12.1. The lowest BCUT2D eigenvalue weighted by Gasteiger charge is -2.15. The summed E-state index contributed by atoms with van der Waals surface area (Å²) in [6.45, 7) is 5.12. The van der Waals surface area contributed by atoms with Gasteiger partial charge in [-0.25, -0.2) is 13.6 Å². The van der Waals surface area contributed by atoms with Gasteiger partial charge < -0.3 is 10.6 Å². The van der Waals surface area contributed by atoms with E-state index in [1.165, 1.54) is 6.07 Å². The molecule has 2 unspecified atom stereocenters. The molecule has 1 heterocycles. The van der Waals surface area contributed by atoms with Crippen LogP contribution in [0.25, 0.3) is 0 Å². The second-order valence-electron chi connectivity index (χ2n) is 5.26. The van der Waals surface area contributed by atoms with Crippen LogP contribution in [-0.4, -0.2) is 27.4 Å². The van der Waals surface area contributed by atoms with E-state index in [1.807, 2.05) is 6.92 Å². The predicted molar refractivity (Wildman–Crippen MR) is 76.7 cm³/mol. The van der Waals surface area contributed by atoms with Gasteiger partial charge in [-0.2, -0.15) is 0 Å². The van der Waals surface area contributed by atoms with E-state index in [0.29, 0.717) is 17.8 Å². The minimum absolute atomic E-state index is 0.0351. The number of rotatable bonds is 3. The number of primary sulfonamides is 1. The molecule has 1 aliphatic rings. The van der Waals surface area contributed by atoms with Gasteiger partial charge in [0, 0.05) is 12.2 Å². The Morgan fingerprint density at radius 1 is 1.40 bits per heavy atom. The molecule has 1 aromatic rings. The van der Waals surface area contributed by atoms with E-state index in [2.05, 4.69) is 10.6 Å². The van der Waals surface area contributed by atoms with Gasteiger partial charge in [0.25, 0.3) is 0 Å². The van der Waals surface area contributed by atoms with Crippen molar-refractivity contribution in [3.8, 4) is 0 Å². The predicted octanol–water partition coefficient (Wildman–Crippen LogP) is 0.436. The van der Waals surface area contributed by atoms with Crippen LogP contribution in [0.2, 0.25) is 0 Å². The van der Waals surface area contributed by atoms with Gasteiger partial charge in [0.05, 0.1) is 10.8 Å². The van der Waals surface area contributed by atoms with Crippen LogP contribution in [0.3, 0.4) is 0 Å². The summed E-state index contributed by atoms with van der Waals surface area (Å²) >= 11 is 0. The number of nitrogens with two attached hydrogens (primary N) is 1. The Labute approximate surface area is 118 Å². The lowest BCUT2D eigenvalue weighted by atomic mass is 9.97. The molecule has 2 atom stereocenters. The van der Waals surface area contributed by atoms with Crippen molar-refractivity contribution in [1.29, 1.82) is 0 Å². The molecular weight excluding hydrogens is 278 g/mol. The van der Waals surface area contributed by atoms with Crippen molar-refractivity contribution in [3.63, 3.8) is 0 Å². The lowest BCUT2D eigenvalue weighted by Crippen LogP contribution is -2.28. The molecule has 0 spiro atoms. The zero-order valence-electron chi connectivity index (χ0n) is 11.5. The Balaban J connectivity index is 2.20. The van der Waals surface area contributed by atoms with Gasteiger partial charge >= 0.3 is 0 Å². The summed E-state index contributed by atoms with van der Waals surface area (Å²) < 4.78 is 22.9. The minimum Gasteiger partial charge on any atom is -0.326 e. The van der Waals surface area contributed by atoms with E-state index in [0.717, 1.165) is 6.54 Å². The lowest BCUT2D eigenvalue weighted by molar-refractivity contribution is -0.120. The maximum absolute atomic E-state index is 12.1. The summed E-state index contributed by atoms with van der Waals surface area (Å²) in [5, 5.41) is 11.1. The van der Waals surface area contributed by atoms with Crippen LogP contribution in [0.4, 0.5) is 5.69 Å². The Hall–Kier alpha value is -1.44. The summed E-state index contributed by atoms with van der Waals surface area (Å²) in [7, 11) is -3.79. The first kappa shape index (κ1) is 15.0. The molecule has 2 rings (SSSR count). The smallest absolute Gasteiger partial charge is 0.238 e. The maximum Gasteiger partial charge on any atom is 0.238 e. The van der Waals surface area contributed by atoms with E-state index in [9.17, 15) is 13.2 Å². The molecular formula is C13H19N3O3S. The molecule has 0 aliphatic carbocycles. The van der Waals surface area contributed by atoms with Crippen molar-refractivity contribution in [2.45, 2.75) is 18.7 Å². The van der Waals surface area contributed by atoms with Crippen molar-refractivity contribution < 1.29 is 13.2 Å². The number of sulfonamides is 1. The number of hydrogen-bond acceptors (Lipinski definition) is 4. The van der Waals surface area contributed by atoms with Crippen LogP contribution in [-0.2, 0) is 14.8 Å². The number of carbonyl (C=O) groups excluding carboxylic acids is 1. The Bertz CT molecular complexity index is 628. The van der Waals surface area contributed by atoms with E-state index in [-0.39, 0.29) is 22.6 Å². The summed E-state index contributed by atoms with van der Waals surface area (Å²) in [5.74, 6) is 0.0547. The molecule has 1 fully saturated rings. The first-order chi connectivity index (χ1) is 9.29. The number of aryl methyl sites for hydroxylation is 1. The summed E-state index contributed by atoms with van der Waals surface area (Å²) in [4.78, 5) is 12.2. The number of nitrogens with one attached hydrogen (secondary N) is 2. The number of amides is 1. The number of hydrogen-bond donors (Lipinski definition) is 3. The molecule has 0 saturated carbocycles. The molecule has 7 heteroatoms. The molecule has 110 valence electrons. The largest absolute Gasteiger partial charge is 0.326 e. The fraction of sp³-hybridized carbons (Fsp3) is 0.462. The first-order valence-corrected chi connectivity index (χ1v) is 7.98. The van der Waals surface area contributed by atoms with Crippen molar-refractivity contribution in [2.24, 2.45) is 17.0 Å². The van der Waals surface area contributed by atoms with Crippen LogP contribution in [0.1, 0.15) is 12.5 Å². The molecule has 1 aliphatic heterocycles. The van der Waals surface area contributed by atoms with Crippen molar-refractivity contribution in [3.05, 3.63) is 23.8 Å². The highest BCUT2D eigenvalue weighted by molar-refractivity contribution is 7.89. The normalized spacial score (nSPS) is 22.8. The molecule has 20 heavy (non-hydrogen) atoms. The van der Waals surface area contributed by atoms with Gasteiger partial charge in [0.2, 0.25) is 15.9 Å². The highest BCUT2D eigenvalue weighted by Gasteiger charge is 2.29. The van der Waals surface area contributed by atoms with Crippen molar-refractivity contribution >= 4 is 21.6 Å². The molecule has 6 nitrogen and oxygen atoms in total. The summed E-state index contributed by atoms with van der Waals surface area (Å²) in [6.07, 6.45) is 0. The highest BCUT2D eigenvalue weighted by atomic mass is 32.2. The molecule has 0 aromatic heterocycles. The summed E-state index contributed by atoms with van der Waals surface area (Å²) in [5.41, 5.74) is 1.00. The minimum atomic E-state index is -3.79. The van der Waals surface area contributed by atoms with Gasteiger partial charge in [-0.3, -0.25) is 4.79 Å². The van der Waals surface area contributed by atoms with Gasteiger partial charge in [-0.15, -0.1) is 0 Å². The van der Waals surface area contributed by atoms with Gasteiger partial charge in [-0.1, -0.05) is 13.0 Å². The average Bonchev–Trinajstić information content (AvgIpc) is 2.76. The third kappa shape index (κ3) is 3.17. The van der Waals surface area contributed by atoms with Crippen LogP contribution in [0, 0.1) is 18.8 Å². The standard InChI is InChI=1S/C13H19N3O3S/c1-8-3-4-10(5-12(8)20(14,18)19)16-13(17)11-7-15-6-9(11)2/h3-5,9,11,15H,6-7H2,1-2H3,(H,16,17)(H2,14,18,19). The SMILES string of the molecule is Cc1ccc(NC(=O)C2CNCC2C)cc1S(N)(=O)=O. The fourth-order valence-corrected chi connectivity index (χ4v) is 3.19. The molecule has 0 bridgehead atoms. The quantitative estimate of drug-likeness (QED) is 0.753.